The second kappa shape index (κ2) is 7.04. The van der Waals surface area contributed by atoms with Crippen molar-refractivity contribution in [2.24, 2.45) is 0 Å². The topological polar surface area (TPSA) is 57.8 Å². The minimum atomic E-state index is 0.0604. The highest BCUT2D eigenvalue weighted by molar-refractivity contribution is 5.89. The lowest BCUT2D eigenvalue weighted by Gasteiger charge is -2.00. The molecule has 1 aromatic rings. The Morgan fingerprint density at radius 3 is 2.81 bits per heavy atom. The molecule has 0 saturated carbocycles. The summed E-state index contributed by atoms with van der Waals surface area (Å²) in [5.41, 5.74) is 1.04. The van der Waals surface area contributed by atoms with Gasteiger partial charge in [-0.2, -0.15) is 5.10 Å². The number of unbranched alkanes of at least 4 members (excludes halogenated alkanes) is 3. The zero-order valence-electron chi connectivity index (χ0n) is 10.2. The Balaban J connectivity index is 2.23. The highest BCUT2D eigenvalue weighted by atomic mass is 16.1. The molecule has 0 saturated heterocycles. The molecule has 1 aromatic heterocycles. The van der Waals surface area contributed by atoms with E-state index in [2.05, 4.69) is 22.4 Å². The van der Waals surface area contributed by atoms with Crippen LogP contribution in [0.1, 0.15) is 51.6 Å². The predicted octanol–water partition coefficient (Wildman–Crippen LogP) is 2.88. The summed E-state index contributed by atoms with van der Waals surface area (Å²) in [6, 6.07) is 1.88. The van der Waals surface area contributed by atoms with Crippen molar-refractivity contribution in [2.75, 3.05) is 5.32 Å². The van der Waals surface area contributed by atoms with Crippen molar-refractivity contribution >= 4 is 11.7 Å². The number of carbonyl (C=O) groups excluding carboxylic acids is 1. The smallest absolute Gasteiger partial charge is 0.225 e. The van der Waals surface area contributed by atoms with Crippen LogP contribution in [0, 0.1) is 0 Å². The summed E-state index contributed by atoms with van der Waals surface area (Å²) in [6.45, 7) is 4.21. The number of aryl methyl sites for hydroxylation is 1. The highest BCUT2D eigenvalue weighted by Gasteiger charge is 2.04. The third kappa shape index (κ3) is 4.47. The molecule has 4 nitrogen and oxygen atoms in total. The van der Waals surface area contributed by atoms with E-state index in [0.717, 1.165) is 25.0 Å². The Labute approximate surface area is 96.8 Å². The van der Waals surface area contributed by atoms with Gasteiger partial charge in [0.2, 0.25) is 5.91 Å². The molecule has 0 aliphatic rings. The van der Waals surface area contributed by atoms with Crippen molar-refractivity contribution in [1.82, 2.24) is 10.2 Å². The number of amides is 1. The van der Waals surface area contributed by atoms with Crippen LogP contribution in [0.3, 0.4) is 0 Å². The van der Waals surface area contributed by atoms with E-state index in [9.17, 15) is 4.79 Å². The van der Waals surface area contributed by atoms with Gasteiger partial charge in [-0.25, -0.2) is 0 Å². The fraction of sp³-hybridized carbons (Fsp3) is 0.667. The predicted molar refractivity (Wildman–Crippen MR) is 65.4 cm³/mol. The monoisotopic (exact) mass is 223 g/mol. The van der Waals surface area contributed by atoms with Gasteiger partial charge in [0.25, 0.3) is 0 Å². The van der Waals surface area contributed by atoms with Gasteiger partial charge in [0.05, 0.1) is 0 Å². The fourth-order valence-corrected chi connectivity index (χ4v) is 1.52. The highest BCUT2D eigenvalue weighted by Crippen LogP contribution is 2.08. The minimum Gasteiger partial charge on any atom is -0.309 e. The first kappa shape index (κ1) is 12.7. The normalized spacial score (nSPS) is 10.4. The van der Waals surface area contributed by atoms with Gasteiger partial charge in [-0.1, -0.05) is 33.1 Å². The molecule has 0 unspecified atom stereocenters. The standard InChI is InChI=1S/C12H21N3O/c1-3-5-6-7-8-12(16)13-11-9-10(4-2)14-15-11/h9H,3-8H2,1-2H3,(H2,13,14,15,16). The first-order valence-electron chi connectivity index (χ1n) is 6.10. The lowest BCUT2D eigenvalue weighted by Crippen LogP contribution is -2.11. The van der Waals surface area contributed by atoms with Gasteiger partial charge in [-0.05, 0) is 12.8 Å². The second-order valence-corrected chi connectivity index (χ2v) is 3.99. The Kier molecular flexibility index (Phi) is 5.61. The summed E-state index contributed by atoms with van der Waals surface area (Å²) in [7, 11) is 0. The summed E-state index contributed by atoms with van der Waals surface area (Å²) < 4.78 is 0. The molecule has 1 rings (SSSR count). The molecule has 0 fully saturated rings. The molecule has 1 heterocycles. The van der Waals surface area contributed by atoms with E-state index < -0.39 is 0 Å². The minimum absolute atomic E-state index is 0.0604. The van der Waals surface area contributed by atoms with Crippen LogP contribution in [0.4, 0.5) is 5.82 Å². The van der Waals surface area contributed by atoms with Crippen LogP contribution in [0.15, 0.2) is 6.07 Å². The van der Waals surface area contributed by atoms with Crippen LogP contribution < -0.4 is 5.32 Å². The molecule has 4 heteroatoms. The molecule has 2 N–H and O–H groups in total. The van der Waals surface area contributed by atoms with E-state index in [4.69, 9.17) is 0 Å². The van der Waals surface area contributed by atoms with Crippen LogP contribution in [0.25, 0.3) is 0 Å². The Morgan fingerprint density at radius 1 is 1.38 bits per heavy atom. The van der Waals surface area contributed by atoms with Crippen molar-refractivity contribution in [3.63, 3.8) is 0 Å². The summed E-state index contributed by atoms with van der Waals surface area (Å²) in [5, 5.41) is 9.68. The summed E-state index contributed by atoms with van der Waals surface area (Å²) >= 11 is 0. The quantitative estimate of drug-likeness (QED) is 0.698. The van der Waals surface area contributed by atoms with Gasteiger partial charge in [-0.15, -0.1) is 0 Å². The third-order valence-corrected chi connectivity index (χ3v) is 2.54. The van der Waals surface area contributed by atoms with E-state index in [1.807, 2.05) is 13.0 Å². The number of nitrogens with one attached hydrogen (secondary N) is 2. The lowest BCUT2D eigenvalue weighted by atomic mass is 10.1. The molecule has 16 heavy (non-hydrogen) atoms. The van der Waals surface area contributed by atoms with E-state index in [1.165, 1.54) is 12.8 Å². The van der Waals surface area contributed by atoms with Crippen LogP contribution >= 0.6 is 0 Å². The van der Waals surface area contributed by atoms with Gasteiger partial charge in [0.15, 0.2) is 5.82 Å². The molecule has 0 bridgehead atoms. The number of anilines is 1. The number of carbonyl (C=O) groups is 1. The second-order valence-electron chi connectivity index (χ2n) is 3.99. The molecule has 0 radical (unpaired) electrons. The zero-order valence-corrected chi connectivity index (χ0v) is 10.2. The first-order valence-corrected chi connectivity index (χ1v) is 6.10. The van der Waals surface area contributed by atoms with Crippen molar-refractivity contribution < 1.29 is 4.79 Å². The number of aromatic nitrogens is 2. The number of aromatic amines is 1. The van der Waals surface area contributed by atoms with E-state index >= 15 is 0 Å². The number of hydrogen-bond donors (Lipinski definition) is 2. The summed E-state index contributed by atoms with van der Waals surface area (Å²) in [5.74, 6) is 0.697. The molecule has 0 atom stereocenters. The molecular weight excluding hydrogens is 202 g/mol. The first-order chi connectivity index (χ1) is 7.76. The lowest BCUT2D eigenvalue weighted by molar-refractivity contribution is -0.116. The third-order valence-electron chi connectivity index (χ3n) is 2.54. The van der Waals surface area contributed by atoms with E-state index in [1.54, 1.807) is 0 Å². The Bertz CT molecular complexity index is 320. The largest absolute Gasteiger partial charge is 0.309 e. The maximum Gasteiger partial charge on any atom is 0.225 e. The molecule has 0 aliphatic carbocycles. The summed E-state index contributed by atoms with van der Waals surface area (Å²) in [6.07, 6.45) is 5.99. The number of hydrogen-bond acceptors (Lipinski definition) is 2. The molecule has 0 spiro atoms. The molecule has 90 valence electrons. The van der Waals surface area contributed by atoms with E-state index in [0.29, 0.717) is 12.2 Å². The molecule has 1 amide bonds. The molecule has 0 aliphatic heterocycles. The number of rotatable bonds is 7. The maximum absolute atomic E-state index is 11.5. The summed E-state index contributed by atoms with van der Waals surface area (Å²) in [4.78, 5) is 11.5. The van der Waals surface area contributed by atoms with Crippen molar-refractivity contribution in [1.29, 1.82) is 0 Å². The van der Waals surface area contributed by atoms with Crippen molar-refractivity contribution in [2.45, 2.75) is 52.4 Å². The Hall–Kier alpha value is -1.32. The van der Waals surface area contributed by atoms with Crippen LogP contribution in [-0.4, -0.2) is 16.1 Å². The van der Waals surface area contributed by atoms with Gasteiger partial charge >= 0.3 is 0 Å². The van der Waals surface area contributed by atoms with Crippen LogP contribution in [0.5, 0.6) is 0 Å². The average molecular weight is 223 g/mol. The maximum atomic E-state index is 11.5. The van der Waals surface area contributed by atoms with Gasteiger partial charge in [0.1, 0.15) is 0 Å². The van der Waals surface area contributed by atoms with Gasteiger partial charge < -0.3 is 5.32 Å². The van der Waals surface area contributed by atoms with Crippen LogP contribution in [-0.2, 0) is 11.2 Å². The van der Waals surface area contributed by atoms with Crippen molar-refractivity contribution in [3.8, 4) is 0 Å². The average Bonchev–Trinajstić information content (AvgIpc) is 2.72. The van der Waals surface area contributed by atoms with E-state index in [-0.39, 0.29) is 5.91 Å². The number of H-pyrrole nitrogens is 1. The number of nitrogens with zero attached hydrogens (tertiary/aromatic N) is 1. The fourth-order valence-electron chi connectivity index (χ4n) is 1.52. The van der Waals surface area contributed by atoms with Crippen LogP contribution in [0.2, 0.25) is 0 Å². The molecule has 0 aromatic carbocycles. The van der Waals surface area contributed by atoms with Crippen molar-refractivity contribution in [3.05, 3.63) is 11.8 Å². The van der Waals surface area contributed by atoms with Gasteiger partial charge in [-0.3, -0.25) is 9.89 Å². The SMILES string of the molecule is CCCCCCC(=O)Nc1cc(CC)[nH]n1. The Morgan fingerprint density at radius 2 is 2.19 bits per heavy atom. The zero-order chi connectivity index (χ0) is 11.8. The molecular formula is C12H21N3O. The van der Waals surface area contributed by atoms with Gasteiger partial charge in [0, 0.05) is 18.2 Å².